The van der Waals surface area contributed by atoms with E-state index in [-0.39, 0.29) is 18.2 Å². The summed E-state index contributed by atoms with van der Waals surface area (Å²) in [5.74, 6) is 2.03. The first-order chi connectivity index (χ1) is 9.17. The van der Waals surface area contributed by atoms with E-state index in [1.54, 1.807) is 6.92 Å². The Morgan fingerprint density at radius 3 is 3.11 bits per heavy atom. The lowest BCUT2D eigenvalue weighted by atomic mass is 9.99. The van der Waals surface area contributed by atoms with E-state index >= 15 is 0 Å². The minimum absolute atomic E-state index is 0.119. The topological polar surface area (TPSA) is 66.6 Å². The highest BCUT2D eigenvalue weighted by Crippen LogP contribution is 2.22. The summed E-state index contributed by atoms with van der Waals surface area (Å²) in [4.78, 5) is 14.3. The van der Waals surface area contributed by atoms with Gasteiger partial charge in [0.2, 0.25) is 0 Å². The third-order valence-electron chi connectivity index (χ3n) is 3.55. The molecule has 0 spiro atoms. The molecule has 0 unspecified atom stereocenters. The van der Waals surface area contributed by atoms with Crippen molar-refractivity contribution in [2.24, 2.45) is 5.92 Å². The molecule has 1 aromatic heterocycles. The molecule has 0 saturated carbocycles. The summed E-state index contributed by atoms with van der Waals surface area (Å²) in [6.45, 7) is 3.04. The third-order valence-corrected chi connectivity index (χ3v) is 4.36. The van der Waals surface area contributed by atoms with E-state index in [1.807, 2.05) is 16.7 Å². The smallest absolute Gasteiger partial charge is 0.276 e. The summed E-state index contributed by atoms with van der Waals surface area (Å²) in [5.41, 5.74) is 0.779. The molecule has 1 aliphatic heterocycles. The third kappa shape index (κ3) is 3.12. The molecule has 106 valence electrons. The summed E-state index contributed by atoms with van der Waals surface area (Å²) in [5, 5.41) is 13.1. The number of aryl methyl sites for hydroxylation is 1. The normalized spacial score (nSPS) is 19.7. The minimum atomic E-state index is -0.210. The van der Waals surface area contributed by atoms with Crippen LogP contribution in [0.5, 0.6) is 0 Å². The number of hydrogen-bond acceptors (Lipinski definition) is 5. The Hall–Kier alpha value is -1.01. The van der Waals surface area contributed by atoms with Gasteiger partial charge in [0.1, 0.15) is 5.76 Å². The van der Waals surface area contributed by atoms with Crippen molar-refractivity contribution in [2.45, 2.75) is 26.4 Å². The average Bonchev–Trinajstić information content (AvgIpc) is 2.79. The van der Waals surface area contributed by atoms with E-state index in [4.69, 9.17) is 4.52 Å². The number of aliphatic hydroxyl groups excluding tert-OH is 1. The van der Waals surface area contributed by atoms with Crippen molar-refractivity contribution in [3.8, 4) is 0 Å². The molecular formula is C13H20N2O3S. The molecule has 2 heterocycles. The van der Waals surface area contributed by atoms with Gasteiger partial charge in [0.05, 0.1) is 12.2 Å². The van der Waals surface area contributed by atoms with Gasteiger partial charge < -0.3 is 14.5 Å². The summed E-state index contributed by atoms with van der Waals surface area (Å²) in [7, 11) is 0. The second kappa shape index (κ2) is 6.43. The summed E-state index contributed by atoms with van der Waals surface area (Å²) < 4.78 is 5.01. The van der Waals surface area contributed by atoms with Crippen molar-refractivity contribution < 1.29 is 14.4 Å². The monoisotopic (exact) mass is 284 g/mol. The van der Waals surface area contributed by atoms with Gasteiger partial charge in [-0.25, -0.2) is 0 Å². The largest absolute Gasteiger partial charge is 0.391 e. The quantitative estimate of drug-likeness (QED) is 0.911. The van der Waals surface area contributed by atoms with E-state index < -0.39 is 0 Å². The number of likely N-dealkylation sites (tertiary alicyclic amines) is 1. The fourth-order valence-electron chi connectivity index (χ4n) is 2.52. The van der Waals surface area contributed by atoms with Crippen LogP contribution < -0.4 is 0 Å². The van der Waals surface area contributed by atoms with Gasteiger partial charge in [-0.15, -0.1) is 0 Å². The molecular weight excluding hydrogens is 264 g/mol. The van der Waals surface area contributed by atoms with Crippen LogP contribution in [-0.2, 0) is 6.61 Å². The summed E-state index contributed by atoms with van der Waals surface area (Å²) in [6, 6.07) is 0. The van der Waals surface area contributed by atoms with Gasteiger partial charge in [-0.3, -0.25) is 4.79 Å². The molecule has 1 fully saturated rings. The Morgan fingerprint density at radius 2 is 2.42 bits per heavy atom. The molecule has 0 aliphatic carbocycles. The molecule has 19 heavy (non-hydrogen) atoms. The summed E-state index contributed by atoms with van der Waals surface area (Å²) in [6.07, 6.45) is 4.29. The molecule has 1 aromatic rings. The standard InChI is InChI=1S/C13H20N2O3S/c1-9-11(7-16)12(14-18-9)13(17)15-5-3-4-10(6-15)8-19-2/h10,16H,3-8H2,1-2H3/t10-/m1/s1. The maximum Gasteiger partial charge on any atom is 0.276 e. The second-order valence-corrected chi connectivity index (χ2v) is 5.85. The van der Waals surface area contributed by atoms with Gasteiger partial charge >= 0.3 is 0 Å². The lowest BCUT2D eigenvalue weighted by Crippen LogP contribution is -2.41. The number of aliphatic hydroxyl groups is 1. The highest BCUT2D eigenvalue weighted by atomic mass is 32.2. The Morgan fingerprint density at radius 1 is 1.63 bits per heavy atom. The molecule has 0 aromatic carbocycles. The van der Waals surface area contributed by atoms with Crippen LogP contribution >= 0.6 is 11.8 Å². The molecule has 6 heteroatoms. The fraction of sp³-hybridized carbons (Fsp3) is 0.692. The molecule has 0 bridgehead atoms. The fourth-order valence-corrected chi connectivity index (χ4v) is 3.26. The number of thioether (sulfide) groups is 1. The molecule has 2 rings (SSSR count). The van der Waals surface area contributed by atoms with E-state index in [0.29, 0.717) is 17.2 Å². The molecule has 1 saturated heterocycles. The number of hydrogen-bond donors (Lipinski definition) is 1. The van der Waals surface area contributed by atoms with E-state index in [2.05, 4.69) is 11.4 Å². The lowest BCUT2D eigenvalue weighted by molar-refractivity contribution is 0.0672. The molecule has 1 amide bonds. The Labute approximate surface area is 117 Å². The van der Waals surface area contributed by atoms with Gasteiger partial charge in [-0.2, -0.15) is 11.8 Å². The Bertz CT molecular complexity index is 445. The van der Waals surface area contributed by atoms with Crippen molar-refractivity contribution in [3.63, 3.8) is 0 Å². The van der Waals surface area contributed by atoms with Crippen LogP contribution in [0.4, 0.5) is 0 Å². The number of rotatable bonds is 4. The van der Waals surface area contributed by atoms with Crippen molar-refractivity contribution >= 4 is 17.7 Å². The number of carbonyl (C=O) groups excluding carboxylic acids is 1. The van der Waals surface area contributed by atoms with Crippen LogP contribution in [0.2, 0.25) is 0 Å². The van der Waals surface area contributed by atoms with Crippen LogP contribution in [0.25, 0.3) is 0 Å². The first kappa shape index (κ1) is 14.4. The van der Waals surface area contributed by atoms with Gasteiger partial charge in [-0.1, -0.05) is 5.16 Å². The van der Waals surface area contributed by atoms with Crippen LogP contribution in [0.3, 0.4) is 0 Å². The van der Waals surface area contributed by atoms with Gasteiger partial charge in [0.25, 0.3) is 5.91 Å². The Balaban J connectivity index is 2.10. The van der Waals surface area contributed by atoms with Crippen LogP contribution in [0.15, 0.2) is 4.52 Å². The summed E-state index contributed by atoms with van der Waals surface area (Å²) >= 11 is 1.82. The number of amides is 1. The van der Waals surface area contributed by atoms with Gasteiger partial charge in [0, 0.05) is 13.1 Å². The van der Waals surface area contributed by atoms with Crippen molar-refractivity contribution in [2.75, 3.05) is 25.1 Å². The van der Waals surface area contributed by atoms with E-state index in [0.717, 1.165) is 25.3 Å². The molecule has 5 nitrogen and oxygen atoms in total. The predicted molar refractivity (Wildman–Crippen MR) is 74.2 cm³/mol. The highest BCUT2D eigenvalue weighted by molar-refractivity contribution is 7.98. The Kier molecular flexibility index (Phi) is 4.87. The minimum Gasteiger partial charge on any atom is -0.391 e. The van der Waals surface area contributed by atoms with E-state index in [9.17, 15) is 9.90 Å². The molecule has 1 aliphatic rings. The first-order valence-electron chi connectivity index (χ1n) is 6.51. The maximum atomic E-state index is 12.4. The number of carbonyl (C=O) groups is 1. The average molecular weight is 284 g/mol. The zero-order chi connectivity index (χ0) is 13.8. The zero-order valence-corrected chi connectivity index (χ0v) is 12.2. The van der Waals surface area contributed by atoms with Gasteiger partial charge in [-0.05, 0) is 37.7 Å². The molecule has 1 atom stereocenters. The van der Waals surface area contributed by atoms with Crippen molar-refractivity contribution in [3.05, 3.63) is 17.0 Å². The SMILES string of the molecule is CSC[C@@H]1CCCN(C(=O)c2noc(C)c2CO)C1. The maximum absolute atomic E-state index is 12.4. The highest BCUT2D eigenvalue weighted by Gasteiger charge is 2.28. The second-order valence-electron chi connectivity index (χ2n) is 4.94. The van der Waals surface area contributed by atoms with Crippen molar-refractivity contribution in [1.29, 1.82) is 0 Å². The van der Waals surface area contributed by atoms with Crippen molar-refractivity contribution in [1.82, 2.24) is 10.1 Å². The van der Waals surface area contributed by atoms with Gasteiger partial charge in [0.15, 0.2) is 5.69 Å². The van der Waals surface area contributed by atoms with E-state index in [1.165, 1.54) is 6.42 Å². The zero-order valence-electron chi connectivity index (χ0n) is 11.4. The first-order valence-corrected chi connectivity index (χ1v) is 7.91. The molecule has 1 N–H and O–H groups in total. The van der Waals surface area contributed by atoms with Crippen LogP contribution in [0.1, 0.15) is 34.7 Å². The van der Waals surface area contributed by atoms with Crippen LogP contribution in [-0.4, -0.2) is 46.2 Å². The lowest BCUT2D eigenvalue weighted by Gasteiger charge is -2.32. The van der Waals surface area contributed by atoms with Crippen LogP contribution in [0, 0.1) is 12.8 Å². The predicted octanol–water partition coefficient (Wildman–Crippen LogP) is 1.69. The molecule has 0 radical (unpaired) electrons. The number of nitrogens with zero attached hydrogens (tertiary/aromatic N) is 2. The number of aromatic nitrogens is 1. The number of piperidine rings is 1.